The predicted molar refractivity (Wildman–Crippen MR) is 90.5 cm³/mol. The van der Waals surface area contributed by atoms with Crippen LogP contribution in [0.1, 0.15) is 17.7 Å². The molecule has 0 N–H and O–H groups in total. The molecule has 1 aliphatic heterocycles. The van der Waals surface area contributed by atoms with E-state index in [9.17, 15) is 13.2 Å². The molecule has 0 atom stereocenters. The van der Waals surface area contributed by atoms with Gasteiger partial charge in [-0.3, -0.25) is 4.90 Å². The lowest BCUT2D eigenvalue weighted by atomic mass is 10.1. The summed E-state index contributed by atoms with van der Waals surface area (Å²) in [7, 11) is 0. The number of hydrogen-bond donors (Lipinski definition) is 0. The molecule has 3 rings (SSSR count). The number of benzene rings is 1. The number of piperazine rings is 1. The van der Waals surface area contributed by atoms with Crippen LogP contribution in [0.25, 0.3) is 0 Å². The number of aryl methyl sites for hydroxylation is 1. The maximum absolute atomic E-state index is 12.8. The molecule has 2 aromatic rings. The number of halogens is 3. The standard InChI is InChI=1S/C18H21F3N4/c19-18(20,21)16-13-17(23-14-22-16)25-11-9-24(10-12-25)8-4-7-15-5-2-1-3-6-15/h1-3,5-6,13-14H,4,7-12H2. The monoisotopic (exact) mass is 350 g/mol. The van der Waals surface area contributed by atoms with Gasteiger partial charge in [0.25, 0.3) is 0 Å². The van der Waals surface area contributed by atoms with E-state index < -0.39 is 11.9 Å². The number of rotatable bonds is 5. The maximum atomic E-state index is 12.8. The summed E-state index contributed by atoms with van der Waals surface area (Å²) in [6.07, 6.45) is -1.32. The Bertz CT molecular complexity index is 668. The zero-order valence-corrected chi connectivity index (χ0v) is 13.9. The van der Waals surface area contributed by atoms with Crippen molar-refractivity contribution in [3.63, 3.8) is 0 Å². The van der Waals surface area contributed by atoms with Crippen molar-refractivity contribution in [3.05, 3.63) is 54.0 Å². The molecule has 1 fully saturated rings. The van der Waals surface area contributed by atoms with Gasteiger partial charge in [-0.15, -0.1) is 0 Å². The van der Waals surface area contributed by atoms with Gasteiger partial charge in [0.2, 0.25) is 0 Å². The minimum Gasteiger partial charge on any atom is -0.354 e. The first-order chi connectivity index (χ1) is 12.0. The molecule has 1 aliphatic rings. The molecule has 2 heterocycles. The highest BCUT2D eigenvalue weighted by atomic mass is 19.4. The predicted octanol–water partition coefficient (Wildman–Crippen LogP) is 3.25. The average Bonchev–Trinajstić information content (AvgIpc) is 2.63. The zero-order chi connectivity index (χ0) is 17.7. The summed E-state index contributed by atoms with van der Waals surface area (Å²) in [5.74, 6) is 0.353. The number of aromatic nitrogens is 2. The van der Waals surface area contributed by atoms with Crippen molar-refractivity contribution in [2.75, 3.05) is 37.6 Å². The summed E-state index contributed by atoms with van der Waals surface area (Å²) < 4.78 is 38.3. The molecule has 0 aliphatic carbocycles. The normalized spacial score (nSPS) is 16.2. The van der Waals surface area contributed by atoms with E-state index in [-0.39, 0.29) is 0 Å². The van der Waals surface area contributed by atoms with Crippen LogP contribution in [-0.4, -0.2) is 47.6 Å². The quantitative estimate of drug-likeness (QED) is 0.829. The van der Waals surface area contributed by atoms with E-state index in [1.807, 2.05) is 23.1 Å². The van der Waals surface area contributed by atoms with Gasteiger partial charge in [-0.05, 0) is 24.9 Å². The fraction of sp³-hybridized carbons (Fsp3) is 0.444. The van der Waals surface area contributed by atoms with Gasteiger partial charge >= 0.3 is 6.18 Å². The lowest BCUT2D eigenvalue weighted by Gasteiger charge is -2.35. The average molecular weight is 350 g/mol. The van der Waals surface area contributed by atoms with Crippen molar-refractivity contribution in [3.8, 4) is 0 Å². The molecule has 0 radical (unpaired) electrons. The number of hydrogen-bond acceptors (Lipinski definition) is 4. The summed E-state index contributed by atoms with van der Waals surface area (Å²) in [5, 5.41) is 0. The van der Waals surface area contributed by atoms with Crippen LogP contribution in [0.5, 0.6) is 0 Å². The van der Waals surface area contributed by atoms with Gasteiger partial charge in [-0.25, -0.2) is 9.97 Å². The third-order valence-corrected chi connectivity index (χ3v) is 4.42. The van der Waals surface area contributed by atoms with Gasteiger partial charge < -0.3 is 4.90 Å². The van der Waals surface area contributed by atoms with Gasteiger partial charge in [0, 0.05) is 32.2 Å². The van der Waals surface area contributed by atoms with E-state index in [0.717, 1.165) is 44.9 Å². The summed E-state index contributed by atoms with van der Waals surface area (Å²) in [4.78, 5) is 11.6. The van der Waals surface area contributed by atoms with Crippen molar-refractivity contribution >= 4 is 5.82 Å². The fourth-order valence-corrected chi connectivity index (χ4v) is 3.03. The molecule has 25 heavy (non-hydrogen) atoms. The molecule has 0 amide bonds. The van der Waals surface area contributed by atoms with E-state index in [1.54, 1.807) is 0 Å². The van der Waals surface area contributed by atoms with Crippen LogP contribution in [0.3, 0.4) is 0 Å². The third kappa shape index (κ3) is 4.92. The molecule has 7 heteroatoms. The Labute approximate surface area is 145 Å². The molecule has 4 nitrogen and oxygen atoms in total. The van der Waals surface area contributed by atoms with Crippen LogP contribution in [0, 0.1) is 0 Å². The van der Waals surface area contributed by atoms with Gasteiger partial charge in [-0.2, -0.15) is 13.2 Å². The second-order valence-electron chi connectivity index (χ2n) is 6.18. The molecular formula is C18H21F3N4. The smallest absolute Gasteiger partial charge is 0.354 e. The maximum Gasteiger partial charge on any atom is 0.433 e. The van der Waals surface area contributed by atoms with E-state index in [1.165, 1.54) is 5.56 Å². The summed E-state index contributed by atoms with van der Waals surface area (Å²) in [5.41, 5.74) is 0.449. The second-order valence-corrected chi connectivity index (χ2v) is 6.18. The Morgan fingerprint density at radius 3 is 2.36 bits per heavy atom. The Hall–Kier alpha value is -2.15. The Morgan fingerprint density at radius 2 is 1.68 bits per heavy atom. The number of nitrogens with zero attached hydrogens (tertiary/aromatic N) is 4. The molecule has 0 saturated carbocycles. The fourth-order valence-electron chi connectivity index (χ4n) is 3.03. The third-order valence-electron chi connectivity index (χ3n) is 4.42. The largest absolute Gasteiger partial charge is 0.433 e. The van der Waals surface area contributed by atoms with Crippen LogP contribution >= 0.6 is 0 Å². The number of anilines is 1. The first-order valence-corrected chi connectivity index (χ1v) is 8.43. The molecule has 1 aromatic carbocycles. The molecule has 0 spiro atoms. The van der Waals surface area contributed by atoms with Crippen LogP contribution in [0.2, 0.25) is 0 Å². The molecular weight excluding hydrogens is 329 g/mol. The highest BCUT2D eigenvalue weighted by molar-refractivity contribution is 5.40. The second kappa shape index (κ2) is 7.82. The lowest BCUT2D eigenvalue weighted by Crippen LogP contribution is -2.47. The zero-order valence-electron chi connectivity index (χ0n) is 13.9. The van der Waals surface area contributed by atoms with Crippen molar-refractivity contribution in [1.29, 1.82) is 0 Å². The van der Waals surface area contributed by atoms with E-state index in [0.29, 0.717) is 18.9 Å². The van der Waals surface area contributed by atoms with E-state index in [2.05, 4.69) is 27.0 Å². The minimum absolute atomic E-state index is 0.353. The van der Waals surface area contributed by atoms with Crippen molar-refractivity contribution in [2.45, 2.75) is 19.0 Å². The van der Waals surface area contributed by atoms with Gasteiger partial charge in [0.05, 0.1) is 0 Å². The van der Waals surface area contributed by atoms with Crippen LogP contribution in [0.4, 0.5) is 19.0 Å². The number of alkyl halides is 3. The van der Waals surface area contributed by atoms with E-state index >= 15 is 0 Å². The van der Waals surface area contributed by atoms with Crippen LogP contribution in [0.15, 0.2) is 42.7 Å². The van der Waals surface area contributed by atoms with Gasteiger partial charge in [0.1, 0.15) is 17.8 Å². The Morgan fingerprint density at radius 1 is 0.960 bits per heavy atom. The van der Waals surface area contributed by atoms with Gasteiger partial charge in [-0.1, -0.05) is 30.3 Å². The van der Waals surface area contributed by atoms with Crippen molar-refractivity contribution in [2.24, 2.45) is 0 Å². The molecule has 0 unspecified atom stereocenters. The van der Waals surface area contributed by atoms with Crippen LogP contribution < -0.4 is 4.90 Å². The highest BCUT2D eigenvalue weighted by Gasteiger charge is 2.33. The summed E-state index contributed by atoms with van der Waals surface area (Å²) >= 11 is 0. The highest BCUT2D eigenvalue weighted by Crippen LogP contribution is 2.29. The topological polar surface area (TPSA) is 32.3 Å². The molecule has 0 bridgehead atoms. The molecule has 134 valence electrons. The Balaban J connectivity index is 1.47. The van der Waals surface area contributed by atoms with Crippen LogP contribution in [-0.2, 0) is 12.6 Å². The molecule has 1 saturated heterocycles. The SMILES string of the molecule is FC(F)(F)c1cc(N2CCN(CCCc3ccccc3)CC2)ncn1. The van der Waals surface area contributed by atoms with Gasteiger partial charge in [0.15, 0.2) is 0 Å². The molecule has 1 aromatic heterocycles. The first-order valence-electron chi connectivity index (χ1n) is 8.43. The minimum atomic E-state index is -4.43. The van der Waals surface area contributed by atoms with E-state index in [4.69, 9.17) is 0 Å². The lowest BCUT2D eigenvalue weighted by molar-refractivity contribution is -0.141. The summed E-state index contributed by atoms with van der Waals surface area (Å²) in [6.45, 7) is 4.03. The summed E-state index contributed by atoms with van der Waals surface area (Å²) in [6, 6.07) is 11.4. The Kier molecular flexibility index (Phi) is 5.53. The first kappa shape index (κ1) is 17.7. The van der Waals surface area contributed by atoms with Crippen molar-refractivity contribution in [1.82, 2.24) is 14.9 Å². The van der Waals surface area contributed by atoms with Crippen molar-refractivity contribution < 1.29 is 13.2 Å².